The van der Waals surface area contributed by atoms with Crippen LogP contribution in [0.4, 0.5) is 5.69 Å². The summed E-state index contributed by atoms with van der Waals surface area (Å²) in [5.74, 6) is -0.250. The number of nitrogens with zero attached hydrogens (tertiary/aromatic N) is 2. The van der Waals surface area contributed by atoms with Gasteiger partial charge in [-0.05, 0) is 61.6 Å². The summed E-state index contributed by atoms with van der Waals surface area (Å²) in [6.45, 7) is 7.67. The Balaban J connectivity index is 2.07. The van der Waals surface area contributed by atoms with Crippen molar-refractivity contribution < 1.29 is 9.90 Å². The highest BCUT2D eigenvalue weighted by atomic mass is 16.3. The van der Waals surface area contributed by atoms with Crippen LogP contribution in [0.3, 0.4) is 0 Å². The number of aliphatic hydroxyl groups is 1. The molecule has 1 aromatic rings. The van der Waals surface area contributed by atoms with Crippen LogP contribution in [0, 0.1) is 5.41 Å². The Bertz CT molecular complexity index is 899. The first-order chi connectivity index (χ1) is 15.5. The molecule has 172 valence electrons. The molecule has 5 N–H and O–H groups in total. The summed E-state index contributed by atoms with van der Waals surface area (Å²) in [6, 6.07) is 8.48. The number of likely N-dealkylation sites (tertiary alicyclic amines) is 1. The fraction of sp³-hybridized carbons (Fsp3) is 0.400. The lowest BCUT2D eigenvalue weighted by molar-refractivity contribution is -0.111. The number of aliphatic imine (C=N–C) groups is 1. The largest absolute Gasteiger partial charge is 0.404 e. The third-order valence-corrected chi connectivity index (χ3v) is 5.66. The van der Waals surface area contributed by atoms with Gasteiger partial charge in [0.1, 0.15) is 0 Å². The Labute approximate surface area is 190 Å². The van der Waals surface area contributed by atoms with Crippen LogP contribution in [0.5, 0.6) is 0 Å². The van der Waals surface area contributed by atoms with Gasteiger partial charge >= 0.3 is 0 Å². The zero-order valence-electron chi connectivity index (χ0n) is 19.2. The van der Waals surface area contributed by atoms with Gasteiger partial charge in [-0.2, -0.15) is 0 Å². The Morgan fingerprint density at radius 2 is 2.03 bits per heavy atom. The van der Waals surface area contributed by atoms with E-state index in [1.165, 1.54) is 18.5 Å². The summed E-state index contributed by atoms with van der Waals surface area (Å²) in [7, 11) is 0. The predicted molar refractivity (Wildman–Crippen MR) is 132 cm³/mol. The molecule has 1 aliphatic rings. The van der Waals surface area contributed by atoms with E-state index in [0.717, 1.165) is 29.7 Å². The molecular weight excluding hydrogens is 402 g/mol. The fourth-order valence-electron chi connectivity index (χ4n) is 3.83. The first-order valence-corrected chi connectivity index (χ1v) is 11.1. The summed E-state index contributed by atoms with van der Waals surface area (Å²) in [4.78, 5) is 19.0. The van der Waals surface area contributed by atoms with E-state index < -0.39 is 0 Å². The van der Waals surface area contributed by atoms with Crippen LogP contribution in [0.1, 0.15) is 39.2 Å². The molecule has 32 heavy (non-hydrogen) atoms. The maximum Gasteiger partial charge on any atom is 0.248 e. The lowest BCUT2D eigenvalue weighted by Gasteiger charge is -2.46. The molecule has 0 aromatic heterocycles. The van der Waals surface area contributed by atoms with E-state index in [0.29, 0.717) is 30.3 Å². The van der Waals surface area contributed by atoms with E-state index in [-0.39, 0.29) is 18.6 Å². The number of anilines is 1. The van der Waals surface area contributed by atoms with Crippen molar-refractivity contribution in [3.8, 4) is 0 Å². The maximum absolute atomic E-state index is 12.5. The quantitative estimate of drug-likeness (QED) is 0.241. The van der Waals surface area contributed by atoms with E-state index in [1.807, 2.05) is 38.1 Å². The molecule has 1 saturated heterocycles. The fourth-order valence-corrected chi connectivity index (χ4v) is 3.83. The number of carbonyl (C=O) groups excluding carboxylic acids is 1. The van der Waals surface area contributed by atoms with Gasteiger partial charge in [-0.3, -0.25) is 14.7 Å². The normalized spacial score (nSPS) is 20.3. The van der Waals surface area contributed by atoms with E-state index in [2.05, 4.69) is 22.1 Å². The van der Waals surface area contributed by atoms with Crippen LogP contribution < -0.4 is 11.1 Å². The molecule has 0 saturated carbocycles. The minimum absolute atomic E-state index is 0.187. The topological polar surface area (TPSA) is 115 Å². The van der Waals surface area contributed by atoms with Gasteiger partial charge in [-0.1, -0.05) is 19.1 Å². The van der Waals surface area contributed by atoms with Crippen molar-refractivity contribution in [2.75, 3.05) is 18.5 Å². The van der Waals surface area contributed by atoms with Gasteiger partial charge in [0.15, 0.2) is 0 Å². The first-order valence-electron chi connectivity index (χ1n) is 11.1. The van der Waals surface area contributed by atoms with Crippen molar-refractivity contribution in [3.63, 3.8) is 0 Å². The molecule has 1 fully saturated rings. The Hall–Kier alpha value is -3.03. The van der Waals surface area contributed by atoms with Crippen LogP contribution >= 0.6 is 0 Å². The molecule has 1 aromatic carbocycles. The third kappa shape index (κ3) is 6.73. The van der Waals surface area contributed by atoms with Gasteiger partial charge in [-0.15, -0.1) is 0 Å². The minimum Gasteiger partial charge on any atom is -0.404 e. The third-order valence-electron chi connectivity index (χ3n) is 5.66. The number of rotatable bonds is 11. The number of carbonyl (C=O) groups is 1. The van der Waals surface area contributed by atoms with Crippen LogP contribution in [0.2, 0.25) is 0 Å². The highest BCUT2D eigenvalue weighted by Crippen LogP contribution is 2.27. The smallest absolute Gasteiger partial charge is 0.248 e. The molecular formula is C25H35N5O2. The molecule has 1 aliphatic heterocycles. The number of allylic oxidation sites excluding steroid dienone is 4. The Morgan fingerprint density at radius 1 is 1.31 bits per heavy atom. The average molecular weight is 438 g/mol. The van der Waals surface area contributed by atoms with Crippen molar-refractivity contribution in [2.24, 2.45) is 10.7 Å². The van der Waals surface area contributed by atoms with Crippen molar-refractivity contribution in [2.45, 2.75) is 52.2 Å². The van der Waals surface area contributed by atoms with Crippen molar-refractivity contribution in [1.29, 1.82) is 5.41 Å². The lowest BCUT2D eigenvalue weighted by atomic mass is 9.94. The second-order valence-corrected chi connectivity index (χ2v) is 7.79. The lowest BCUT2D eigenvalue weighted by Crippen LogP contribution is -2.55. The van der Waals surface area contributed by atoms with Crippen molar-refractivity contribution in [1.82, 2.24) is 4.90 Å². The molecule has 0 aliphatic carbocycles. The van der Waals surface area contributed by atoms with Crippen LogP contribution in [-0.4, -0.2) is 53.6 Å². The summed E-state index contributed by atoms with van der Waals surface area (Å²) in [6.07, 6.45) is 9.16. The van der Waals surface area contributed by atoms with E-state index >= 15 is 0 Å². The second-order valence-electron chi connectivity index (χ2n) is 7.79. The monoisotopic (exact) mass is 437 g/mol. The van der Waals surface area contributed by atoms with Crippen molar-refractivity contribution >= 4 is 24.0 Å². The molecule has 0 spiro atoms. The Kier molecular flexibility index (Phi) is 10.0. The summed E-state index contributed by atoms with van der Waals surface area (Å²) in [5.41, 5.74) is 9.72. The predicted octanol–water partition coefficient (Wildman–Crippen LogP) is 3.43. The molecule has 7 heteroatoms. The van der Waals surface area contributed by atoms with Crippen LogP contribution in [-0.2, 0) is 11.3 Å². The summed E-state index contributed by atoms with van der Waals surface area (Å²) in [5, 5.41) is 19.9. The van der Waals surface area contributed by atoms with Gasteiger partial charge < -0.3 is 21.6 Å². The number of benzene rings is 1. The van der Waals surface area contributed by atoms with Gasteiger partial charge in [0.2, 0.25) is 5.91 Å². The average Bonchev–Trinajstić information content (AvgIpc) is 2.80. The molecule has 0 bridgehead atoms. The first kappa shape index (κ1) is 25.2. The molecule has 1 heterocycles. The van der Waals surface area contributed by atoms with Crippen LogP contribution in [0.15, 0.2) is 64.3 Å². The molecule has 0 radical (unpaired) electrons. The van der Waals surface area contributed by atoms with E-state index in [1.54, 1.807) is 12.3 Å². The number of hydrogen-bond donors (Lipinski definition) is 4. The maximum atomic E-state index is 12.5. The summed E-state index contributed by atoms with van der Waals surface area (Å²) < 4.78 is 0. The zero-order valence-corrected chi connectivity index (χ0v) is 19.2. The molecule has 2 rings (SSSR count). The highest BCUT2D eigenvalue weighted by Gasteiger charge is 2.34. The number of nitrogens with one attached hydrogen (secondary N) is 2. The van der Waals surface area contributed by atoms with Crippen LogP contribution in [0.25, 0.3) is 0 Å². The van der Waals surface area contributed by atoms with Gasteiger partial charge in [0.25, 0.3) is 0 Å². The van der Waals surface area contributed by atoms with E-state index in [4.69, 9.17) is 11.1 Å². The minimum atomic E-state index is -0.250. The summed E-state index contributed by atoms with van der Waals surface area (Å²) >= 11 is 0. The van der Waals surface area contributed by atoms with Gasteiger partial charge in [0.05, 0.1) is 6.61 Å². The number of hydrogen-bond acceptors (Lipinski definition) is 6. The molecule has 1 amide bonds. The second kappa shape index (κ2) is 12.7. The van der Waals surface area contributed by atoms with Crippen molar-refractivity contribution in [3.05, 3.63) is 64.9 Å². The number of nitrogens with two attached hydrogens (primary N) is 1. The highest BCUT2D eigenvalue weighted by molar-refractivity contribution is 6.01. The van der Waals surface area contributed by atoms with Gasteiger partial charge in [0, 0.05) is 61.1 Å². The Morgan fingerprint density at radius 3 is 2.56 bits per heavy atom. The van der Waals surface area contributed by atoms with E-state index in [9.17, 15) is 9.90 Å². The molecule has 7 nitrogen and oxygen atoms in total. The number of aliphatic hydroxyl groups excluding tert-OH is 1. The number of amides is 1. The van der Waals surface area contributed by atoms with Gasteiger partial charge in [-0.25, -0.2) is 0 Å². The zero-order chi connectivity index (χ0) is 23.5. The molecule has 2 atom stereocenters. The SMILES string of the molecule is CC\N=C/C(/C=C/C(=O)Nc1ccc(CN2C(C)CC2CO)cc1)=C(CC)/C(C=N)=C/N. The standard InChI is InChI=1S/C25H35N5O2/c1-4-24(21(13-26)14-27)20(15-28-5-2)8-11-25(32)29-22-9-6-19(7-10-22)16-30-18(3)12-23(30)17-31/h6-11,13-15,18,23,26,31H,4-5,12,16-17,27H2,1-3H3,(H,29,32)/b11-8+,21-14+,24-20+,26-13?,28-15-. The molecule has 2 unspecified atom stereocenters.